The lowest BCUT2D eigenvalue weighted by atomic mass is 9.81. The molecule has 21 heavy (non-hydrogen) atoms. The normalized spacial score (nSPS) is 21.9. The van der Waals surface area contributed by atoms with Crippen molar-refractivity contribution in [1.82, 2.24) is 0 Å². The van der Waals surface area contributed by atoms with E-state index in [1.807, 2.05) is 0 Å². The average Bonchev–Trinajstić information content (AvgIpc) is 2.44. The minimum absolute atomic E-state index is 0.161. The maximum Gasteiger partial charge on any atom is 0.306 e. The van der Waals surface area contributed by atoms with Gasteiger partial charge in [0.25, 0.3) is 0 Å². The predicted molar refractivity (Wildman–Crippen MR) is 72.8 cm³/mol. The molecule has 0 heterocycles. The Balaban J connectivity index is 2.07. The van der Waals surface area contributed by atoms with E-state index in [-0.39, 0.29) is 17.7 Å². The van der Waals surface area contributed by atoms with Crippen LogP contribution in [0.3, 0.4) is 0 Å². The van der Waals surface area contributed by atoms with E-state index in [4.69, 9.17) is 5.11 Å². The van der Waals surface area contributed by atoms with E-state index in [1.165, 1.54) is 6.92 Å². The van der Waals surface area contributed by atoms with Gasteiger partial charge in [0.15, 0.2) is 0 Å². The molecule has 0 aliphatic heterocycles. The second-order valence-corrected chi connectivity index (χ2v) is 5.47. The Labute approximate surface area is 121 Å². The predicted octanol–water partition coefficient (Wildman–Crippen LogP) is 3.10. The molecule has 1 aromatic rings. The molecule has 2 N–H and O–H groups in total. The Hall–Kier alpha value is -1.98. The van der Waals surface area contributed by atoms with Crippen LogP contribution in [-0.2, 0) is 9.59 Å². The molecule has 1 aliphatic rings. The van der Waals surface area contributed by atoms with E-state index in [0.29, 0.717) is 19.3 Å². The number of amides is 1. The summed E-state index contributed by atoms with van der Waals surface area (Å²) in [5.74, 6) is -3.70. The van der Waals surface area contributed by atoms with Gasteiger partial charge in [0.1, 0.15) is 11.6 Å². The molecule has 1 aromatic carbocycles. The third-order valence-corrected chi connectivity index (χ3v) is 3.90. The molecule has 2 atom stereocenters. The first-order valence-electron chi connectivity index (χ1n) is 6.87. The largest absolute Gasteiger partial charge is 0.481 e. The Morgan fingerprint density at radius 3 is 2.52 bits per heavy atom. The van der Waals surface area contributed by atoms with Crippen molar-refractivity contribution in [2.24, 2.45) is 11.8 Å². The summed E-state index contributed by atoms with van der Waals surface area (Å²) in [4.78, 5) is 23.1. The lowest BCUT2D eigenvalue weighted by Gasteiger charge is -2.25. The highest BCUT2D eigenvalue weighted by Crippen LogP contribution is 2.30. The maximum atomic E-state index is 13.7. The van der Waals surface area contributed by atoms with Gasteiger partial charge in [-0.2, -0.15) is 0 Å². The second kappa shape index (κ2) is 6.20. The summed E-state index contributed by atoms with van der Waals surface area (Å²) in [6.45, 7) is 1.43. The number of carbonyl (C=O) groups is 2. The van der Waals surface area contributed by atoms with Gasteiger partial charge in [-0.15, -0.1) is 0 Å². The van der Waals surface area contributed by atoms with Crippen LogP contribution in [-0.4, -0.2) is 17.0 Å². The van der Waals surface area contributed by atoms with Crippen LogP contribution in [0, 0.1) is 30.4 Å². The minimum Gasteiger partial charge on any atom is -0.481 e. The molecule has 6 heteroatoms. The number of halogens is 2. The quantitative estimate of drug-likeness (QED) is 0.901. The molecule has 4 nitrogen and oxygen atoms in total. The number of carbonyl (C=O) groups excluding carboxylic acids is 1. The van der Waals surface area contributed by atoms with Gasteiger partial charge in [-0.25, -0.2) is 8.78 Å². The summed E-state index contributed by atoms with van der Waals surface area (Å²) in [6, 6.07) is 1.96. The first kappa shape index (κ1) is 15.4. The number of aryl methyl sites for hydroxylation is 1. The van der Waals surface area contributed by atoms with E-state index in [1.54, 1.807) is 0 Å². The van der Waals surface area contributed by atoms with Crippen LogP contribution >= 0.6 is 0 Å². The van der Waals surface area contributed by atoms with Gasteiger partial charge in [-0.3, -0.25) is 9.59 Å². The van der Waals surface area contributed by atoms with Crippen molar-refractivity contribution in [3.8, 4) is 0 Å². The van der Waals surface area contributed by atoms with Crippen molar-refractivity contribution in [2.75, 3.05) is 5.32 Å². The molecule has 0 spiro atoms. The van der Waals surface area contributed by atoms with Crippen LogP contribution in [0.1, 0.15) is 31.2 Å². The van der Waals surface area contributed by atoms with Crippen molar-refractivity contribution in [1.29, 1.82) is 0 Å². The highest BCUT2D eigenvalue weighted by Gasteiger charge is 2.31. The third kappa shape index (κ3) is 3.56. The van der Waals surface area contributed by atoms with Crippen molar-refractivity contribution in [2.45, 2.75) is 32.6 Å². The highest BCUT2D eigenvalue weighted by molar-refractivity contribution is 5.93. The molecule has 1 amide bonds. The van der Waals surface area contributed by atoms with Crippen LogP contribution in [0.25, 0.3) is 0 Å². The number of hydrogen-bond donors (Lipinski definition) is 2. The number of nitrogens with one attached hydrogen (secondary N) is 1. The topological polar surface area (TPSA) is 66.4 Å². The SMILES string of the molecule is Cc1cc(F)c(NC(=O)C2CCCC(C(=O)O)C2)cc1F. The fourth-order valence-corrected chi connectivity index (χ4v) is 2.63. The van der Waals surface area contributed by atoms with E-state index >= 15 is 0 Å². The van der Waals surface area contributed by atoms with Gasteiger partial charge in [0.05, 0.1) is 11.6 Å². The molecule has 0 aromatic heterocycles. The van der Waals surface area contributed by atoms with E-state index in [9.17, 15) is 18.4 Å². The zero-order chi connectivity index (χ0) is 15.6. The van der Waals surface area contributed by atoms with Gasteiger partial charge in [-0.1, -0.05) is 6.42 Å². The average molecular weight is 297 g/mol. The Morgan fingerprint density at radius 2 is 1.86 bits per heavy atom. The highest BCUT2D eigenvalue weighted by atomic mass is 19.1. The molecule has 0 bridgehead atoms. The summed E-state index contributed by atoms with van der Waals surface area (Å²) >= 11 is 0. The number of anilines is 1. The van der Waals surface area contributed by atoms with Crippen molar-refractivity contribution >= 4 is 17.6 Å². The van der Waals surface area contributed by atoms with Crippen LogP contribution in [0.15, 0.2) is 12.1 Å². The smallest absolute Gasteiger partial charge is 0.306 e. The fraction of sp³-hybridized carbons (Fsp3) is 0.467. The van der Waals surface area contributed by atoms with Gasteiger partial charge >= 0.3 is 5.97 Å². The van der Waals surface area contributed by atoms with Crippen LogP contribution in [0.2, 0.25) is 0 Å². The number of rotatable bonds is 3. The molecule has 1 aliphatic carbocycles. The van der Waals surface area contributed by atoms with E-state index in [0.717, 1.165) is 12.1 Å². The number of hydrogen-bond acceptors (Lipinski definition) is 2. The van der Waals surface area contributed by atoms with Gasteiger partial charge in [0.2, 0.25) is 5.91 Å². The summed E-state index contributed by atoms with van der Waals surface area (Å²) in [6.07, 6.45) is 1.98. The number of carboxylic acids is 1. The maximum absolute atomic E-state index is 13.7. The standard InChI is InChI=1S/C15H17F2NO3/c1-8-5-12(17)13(7-11(8)16)18-14(19)9-3-2-4-10(6-9)15(20)21/h5,7,9-10H,2-4,6H2,1H3,(H,18,19)(H,20,21). The first-order valence-corrected chi connectivity index (χ1v) is 6.87. The second-order valence-electron chi connectivity index (χ2n) is 5.47. The van der Waals surface area contributed by atoms with Gasteiger partial charge < -0.3 is 10.4 Å². The molecular formula is C15H17F2NO3. The van der Waals surface area contributed by atoms with E-state index < -0.39 is 35.3 Å². The van der Waals surface area contributed by atoms with Crippen molar-refractivity contribution in [3.63, 3.8) is 0 Å². The minimum atomic E-state index is -0.917. The van der Waals surface area contributed by atoms with Gasteiger partial charge in [0, 0.05) is 12.0 Å². The molecular weight excluding hydrogens is 280 g/mol. The Kier molecular flexibility index (Phi) is 4.55. The monoisotopic (exact) mass is 297 g/mol. The lowest BCUT2D eigenvalue weighted by molar-refractivity contribution is -0.143. The Bertz CT molecular complexity index is 574. The van der Waals surface area contributed by atoms with Crippen LogP contribution in [0.5, 0.6) is 0 Å². The van der Waals surface area contributed by atoms with Gasteiger partial charge in [-0.05, 0) is 37.8 Å². The summed E-state index contributed by atoms with van der Waals surface area (Å²) in [5.41, 5.74) is -0.0466. The molecule has 1 fully saturated rings. The molecule has 0 radical (unpaired) electrons. The molecule has 114 valence electrons. The number of carboxylic acid groups (broad SMARTS) is 1. The van der Waals surface area contributed by atoms with Crippen molar-refractivity contribution in [3.05, 3.63) is 29.3 Å². The van der Waals surface area contributed by atoms with Crippen LogP contribution < -0.4 is 5.32 Å². The summed E-state index contributed by atoms with van der Waals surface area (Å²) in [7, 11) is 0. The summed E-state index contributed by atoms with van der Waals surface area (Å²) in [5, 5.41) is 11.4. The molecule has 1 saturated carbocycles. The fourth-order valence-electron chi connectivity index (χ4n) is 2.63. The number of benzene rings is 1. The van der Waals surface area contributed by atoms with Crippen LogP contribution in [0.4, 0.5) is 14.5 Å². The zero-order valence-corrected chi connectivity index (χ0v) is 11.7. The summed E-state index contributed by atoms with van der Waals surface area (Å²) < 4.78 is 27.1. The van der Waals surface area contributed by atoms with E-state index in [2.05, 4.69) is 5.32 Å². The lowest BCUT2D eigenvalue weighted by Crippen LogP contribution is -2.31. The van der Waals surface area contributed by atoms with Crippen molar-refractivity contribution < 1.29 is 23.5 Å². The molecule has 2 rings (SSSR count). The zero-order valence-electron chi connectivity index (χ0n) is 11.7. The molecule has 0 saturated heterocycles. The molecule has 2 unspecified atom stereocenters. The Morgan fingerprint density at radius 1 is 1.19 bits per heavy atom. The third-order valence-electron chi connectivity index (χ3n) is 3.90. The first-order chi connectivity index (χ1) is 9.88. The number of aliphatic carboxylic acids is 1.